The van der Waals surface area contributed by atoms with E-state index >= 15 is 0 Å². The minimum absolute atomic E-state index is 0.00927. The second kappa shape index (κ2) is 7.84. The topological polar surface area (TPSA) is 38.3 Å². The van der Waals surface area contributed by atoms with Crippen LogP contribution in [0, 0.1) is 0 Å². The Hall–Kier alpha value is -2.52. The third-order valence-electron chi connectivity index (χ3n) is 3.66. The molecule has 0 saturated heterocycles. The largest absolute Gasteiger partial charge is 0.494 e. The predicted molar refractivity (Wildman–Crippen MR) is 98.8 cm³/mol. The molecule has 3 rings (SSSR count). The van der Waals surface area contributed by atoms with Gasteiger partial charge in [0.2, 0.25) is 5.91 Å². The fourth-order valence-corrected chi connectivity index (χ4v) is 2.57. The Balaban J connectivity index is 1.45. The lowest BCUT2D eigenvalue weighted by molar-refractivity contribution is -0.116. The zero-order valence-corrected chi connectivity index (χ0v) is 13.9. The van der Waals surface area contributed by atoms with E-state index in [4.69, 9.17) is 16.3 Å². The molecule has 0 saturated carbocycles. The van der Waals surface area contributed by atoms with Crippen LogP contribution in [0.3, 0.4) is 0 Å². The van der Waals surface area contributed by atoms with Gasteiger partial charge in [-0.25, -0.2) is 0 Å². The van der Waals surface area contributed by atoms with Gasteiger partial charge in [-0.1, -0.05) is 41.9 Å². The normalized spacial score (nSPS) is 10.5. The minimum Gasteiger partial charge on any atom is -0.494 e. The van der Waals surface area contributed by atoms with Crippen molar-refractivity contribution < 1.29 is 9.53 Å². The highest BCUT2D eigenvalue weighted by Crippen LogP contribution is 2.19. The van der Waals surface area contributed by atoms with Crippen LogP contribution < -0.4 is 10.1 Å². The van der Waals surface area contributed by atoms with Crippen LogP contribution in [0.1, 0.15) is 12.8 Å². The van der Waals surface area contributed by atoms with Gasteiger partial charge >= 0.3 is 0 Å². The second-order valence-electron chi connectivity index (χ2n) is 5.52. The van der Waals surface area contributed by atoms with Gasteiger partial charge in [0, 0.05) is 17.1 Å². The molecule has 0 radical (unpaired) electrons. The number of nitrogens with one attached hydrogen (secondary N) is 1. The fourth-order valence-electron chi connectivity index (χ4n) is 2.44. The lowest BCUT2D eigenvalue weighted by Gasteiger charge is -2.08. The van der Waals surface area contributed by atoms with Crippen LogP contribution in [0.2, 0.25) is 5.02 Å². The standard InChI is InChI=1S/C20H18ClNO2/c21-17-8-11-19(12-9-17)24-13-3-6-20(23)22-18-10-7-15-4-1-2-5-16(15)14-18/h1-2,4-5,7-12,14H,3,6,13H2,(H,22,23). The summed E-state index contributed by atoms with van der Waals surface area (Å²) in [6.45, 7) is 0.493. The van der Waals surface area contributed by atoms with Crippen LogP contribution in [0.5, 0.6) is 5.75 Å². The first-order valence-corrected chi connectivity index (χ1v) is 8.25. The van der Waals surface area contributed by atoms with Gasteiger partial charge in [-0.2, -0.15) is 0 Å². The zero-order chi connectivity index (χ0) is 16.8. The van der Waals surface area contributed by atoms with E-state index in [2.05, 4.69) is 11.4 Å². The zero-order valence-electron chi connectivity index (χ0n) is 13.2. The first-order valence-electron chi connectivity index (χ1n) is 7.88. The second-order valence-corrected chi connectivity index (χ2v) is 5.95. The van der Waals surface area contributed by atoms with Gasteiger partial charge < -0.3 is 10.1 Å². The first-order chi connectivity index (χ1) is 11.7. The molecule has 122 valence electrons. The number of hydrogen-bond donors (Lipinski definition) is 1. The maximum Gasteiger partial charge on any atom is 0.224 e. The third-order valence-corrected chi connectivity index (χ3v) is 3.92. The summed E-state index contributed by atoms with van der Waals surface area (Å²) in [7, 11) is 0. The molecule has 0 aromatic heterocycles. The molecule has 1 N–H and O–H groups in total. The van der Waals surface area contributed by atoms with E-state index in [-0.39, 0.29) is 5.91 Å². The number of rotatable bonds is 6. The van der Waals surface area contributed by atoms with Crippen LogP contribution in [-0.2, 0) is 4.79 Å². The van der Waals surface area contributed by atoms with E-state index in [1.165, 1.54) is 0 Å². The molecule has 0 aliphatic carbocycles. The van der Waals surface area contributed by atoms with Crippen molar-refractivity contribution in [1.82, 2.24) is 0 Å². The summed E-state index contributed by atoms with van der Waals surface area (Å²) in [6, 6.07) is 21.2. The first kappa shape index (κ1) is 16.3. The highest BCUT2D eigenvalue weighted by molar-refractivity contribution is 6.30. The Kier molecular flexibility index (Phi) is 5.34. The van der Waals surface area contributed by atoms with Gasteiger partial charge in [0.1, 0.15) is 5.75 Å². The molecule has 3 nitrogen and oxygen atoms in total. The van der Waals surface area contributed by atoms with Crippen molar-refractivity contribution in [1.29, 1.82) is 0 Å². The SMILES string of the molecule is O=C(CCCOc1ccc(Cl)cc1)Nc1ccc2ccccc2c1. The van der Waals surface area contributed by atoms with Gasteiger partial charge in [0.25, 0.3) is 0 Å². The Labute approximate surface area is 146 Å². The highest BCUT2D eigenvalue weighted by atomic mass is 35.5. The van der Waals surface area contributed by atoms with E-state index in [1.807, 2.05) is 48.5 Å². The summed E-state index contributed by atoms with van der Waals surface area (Å²) >= 11 is 5.82. The van der Waals surface area contributed by atoms with Crippen molar-refractivity contribution in [2.75, 3.05) is 11.9 Å². The van der Waals surface area contributed by atoms with E-state index < -0.39 is 0 Å². The molecule has 0 heterocycles. The van der Waals surface area contributed by atoms with Gasteiger partial charge in [0.05, 0.1) is 6.61 Å². The number of halogens is 1. The fraction of sp³-hybridized carbons (Fsp3) is 0.150. The number of ether oxygens (including phenoxy) is 1. The van der Waals surface area contributed by atoms with Crippen molar-refractivity contribution >= 4 is 34.0 Å². The van der Waals surface area contributed by atoms with Crippen LogP contribution in [0.25, 0.3) is 10.8 Å². The molecule has 4 heteroatoms. The predicted octanol–water partition coefficient (Wildman–Crippen LogP) is 5.29. The summed E-state index contributed by atoms with van der Waals surface area (Å²) in [6.07, 6.45) is 1.07. The van der Waals surface area contributed by atoms with Crippen molar-refractivity contribution in [3.8, 4) is 5.75 Å². The lowest BCUT2D eigenvalue weighted by atomic mass is 10.1. The number of benzene rings is 3. The average molecular weight is 340 g/mol. The summed E-state index contributed by atoms with van der Waals surface area (Å²) < 4.78 is 5.58. The number of anilines is 1. The van der Waals surface area contributed by atoms with Gasteiger partial charge in [-0.15, -0.1) is 0 Å². The number of carbonyl (C=O) groups is 1. The van der Waals surface area contributed by atoms with E-state index in [9.17, 15) is 4.79 Å². The molecule has 24 heavy (non-hydrogen) atoms. The smallest absolute Gasteiger partial charge is 0.224 e. The van der Waals surface area contributed by atoms with Crippen molar-refractivity contribution in [3.63, 3.8) is 0 Å². The molecule has 0 atom stereocenters. The van der Waals surface area contributed by atoms with Crippen LogP contribution >= 0.6 is 11.6 Å². The molecule has 0 bridgehead atoms. The number of fused-ring (bicyclic) bond motifs is 1. The molecule has 0 aliphatic heterocycles. The third kappa shape index (κ3) is 4.49. The average Bonchev–Trinajstić information content (AvgIpc) is 2.60. The number of carbonyl (C=O) groups excluding carboxylic acids is 1. The summed E-state index contributed by atoms with van der Waals surface area (Å²) in [5.41, 5.74) is 0.817. The van der Waals surface area contributed by atoms with Crippen LogP contribution in [0.4, 0.5) is 5.69 Å². The van der Waals surface area contributed by atoms with Crippen molar-refractivity contribution in [2.45, 2.75) is 12.8 Å². The Morgan fingerprint density at radius 2 is 1.71 bits per heavy atom. The van der Waals surface area contributed by atoms with E-state index in [1.54, 1.807) is 12.1 Å². The van der Waals surface area contributed by atoms with E-state index in [0.29, 0.717) is 24.5 Å². The maximum absolute atomic E-state index is 12.0. The van der Waals surface area contributed by atoms with E-state index in [0.717, 1.165) is 22.2 Å². The maximum atomic E-state index is 12.0. The highest BCUT2D eigenvalue weighted by Gasteiger charge is 2.04. The molecule has 0 unspecified atom stereocenters. The van der Waals surface area contributed by atoms with Crippen LogP contribution in [-0.4, -0.2) is 12.5 Å². The Morgan fingerprint density at radius 3 is 2.50 bits per heavy atom. The van der Waals surface area contributed by atoms with Gasteiger partial charge in [-0.05, 0) is 53.6 Å². The summed E-state index contributed by atoms with van der Waals surface area (Å²) in [4.78, 5) is 12.0. The molecule has 3 aromatic carbocycles. The Morgan fingerprint density at radius 1 is 0.958 bits per heavy atom. The molecular weight excluding hydrogens is 322 g/mol. The molecular formula is C20H18ClNO2. The van der Waals surface area contributed by atoms with Crippen molar-refractivity contribution in [3.05, 3.63) is 71.8 Å². The summed E-state index contributed by atoms with van der Waals surface area (Å²) in [5, 5.41) is 5.88. The monoisotopic (exact) mass is 339 g/mol. The summed E-state index contributed by atoms with van der Waals surface area (Å²) in [5.74, 6) is 0.749. The molecule has 0 aliphatic rings. The van der Waals surface area contributed by atoms with Crippen molar-refractivity contribution in [2.24, 2.45) is 0 Å². The number of amides is 1. The van der Waals surface area contributed by atoms with Gasteiger partial charge in [-0.3, -0.25) is 4.79 Å². The quantitative estimate of drug-likeness (QED) is 0.619. The van der Waals surface area contributed by atoms with Crippen LogP contribution in [0.15, 0.2) is 66.7 Å². The number of hydrogen-bond acceptors (Lipinski definition) is 2. The van der Waals surface area contributed by atoms with Gasteiger partial charge in [0.15, 0.2) is 0 Å². The molecule has 1 amide bonds. The molecule has 0 fully saturated rings. The minimum atomic E-state index is -0.00927. The lowest BCUT2D eigenvalue weighted by Crippen LogP contribution is -2.12. The Bertz CT molecular complexity index is 830. The molecule has 0 spiro atoms. The molecule has 3 aromatic rings.